The maximum absolute atomic E-state index is 12.9. The summed E-state index contributed by atoms with van der Waals surface area (Å²) in [5.74, 6) is -0.787. The van der Waals surface area contributed by atoms with Gasteiger partial charge in [0.25, 0.3) is 5.91 Å². The van der Waals surface area contributed by atoms with Gasteiger partial charge in [-0.25, -0.2) is 0 Å². The predicted octanol–water partition coefficient (Wildman–Crippen LogP) is 0.405. The number of piperazine rings is 1. The minimum atomic E-state index is -0.580. The number of nitrogens with two attached hydrogens (primary N) is 1. The van der Waals surface area contributed by atoms with Crippen molar-refractivity contribution < 1.29 is 23.9 Å². The molecule has 3 aliphatic rings. The standard InChI is InChI=1S/C23H33N5O5.2ClH/c24-5-11-32-13-14-33-12-10-26-6-8-27(9-7-26)18-1-2-19-17(15-18)16-28(23(19)31)20-3-4-21(29)25-22(20)30;;/h1-2,15,20H,3-14,16,24H2,(H,25,29,30);2*1H. The molecule has 3 aliphatic heterocycles. The first kappa shape index (κ1) is 29.3. The van der Waals surface area contributed by atoms with Crippen molar-refractivity contribution in [1.29, 1.82) is 0 Å². The highest BCUT2D eigenvalue weighted by molar-refractivity contribution is 6.05. The molecule has 1 atom stereocenters. The fourth-order valence-corrected chi connectivity index (χ4v) is 4.59. The number of hydrogen-bond acceptors (Lipinski definition) is 8. The Balaban J connectivity index is 0.00000216. The maximum atomic E-state index is 12.9. The number of anilines is 1. The summed E-state index contributed by atoms with van der Waals surface area (Å²) in [7, 11) is 0. The van der Waals surface area contributed by atoms with E-state index in [0.717, 1.165) is 44.0 Å². The number of halogens is 2. The van der Waals surface area contributed by atoms with Crippen LogP contribution >= 0.6 is 24.8 Å². The average molecular weight is 532 g/mol. The van der Waals surface area contributed by atoms with Gasteiger partial charge in [-0.1, -0.05) is 0 Å². The molecule has 0 aliphatic carbocycles. The molecule has 0 aromatic heterocycles. The van der Waals surface area contributed by atoms with Crippen molar-refractivity contribution in [3.63, 3.8) is 0 Å². The summed E-state index contributed by atoms with van der Waals surface area (Å²) in [6.07, 6.45) is 0.642. The van der Waals surface area contributed by atoms with Gasteiger partial charge in [-0.05, 0) is 30.2 Å². The fraction of sp³-hybridized carbons (Fsp3) is 0.609. The molecule has 0 bridgehead atoms. The van der Waals surface area contributed by atoms with Gasteiger partial charge in [-0.2, -0.15) is 0 Å². The summed E-state index contributed by atoms with van der Waals surface area (Å²) in [5.41, 5.74) is 8.07. The summed E-state index contributed by atoms with van der Waals surface area (Å²) < 4.78 is 10.9. The molecule has 0 radical (unpaired) electrons. The molecule has 2 fully saturated rings. The van der Waals surface area contributed by atoms with E-state index in [1.807, 2.05) is 12.1 Å². The Labute approximate surface area is 218 Å². The van der Waals surface area contributed by atoms with E-state index >= 15 is 0 Å². The lowest BCUT2D eigenvalue weighted by molar-refractivity contribution is -0.136. The highest BCUT2D eigenvalue weighted by atomic mass is 35.5. The zero-order chi connectivity index (χ0) is 23.2. The van der Waals surface area contributed by atoms with Gasteiger partial charge in [0, 0.05) is 63.5 Å². The number of fused-ring (bicyclic) bond motifs is 1. The van der Waals surface area contributed by atoms with Gasteiger partial charge in [0.05, 0.1) is 26.4 Å². The van der Waals surface area contributed by atoms with E-state index in [-0.39, 0.29) is 49.0 Å². The fourth-order valence-electron chi connectivity index (χ4n) is 4.59. The number of rotatable bonds is 10. The third kappa shape index (κ3) is 7.28. The summed E-state index contributed by atoms with van der Waals surface area (Å²) in [6.45, 7) is 7.95. The summed E-state index contributed by atoms with van der Waals surface area (Å²) in [6, 6.07) is 5.35. The number of benzene rings is 1. The average Bonchev–Trinajstić information content (AvgIpc) is 3.14. The van der Waals surface area contributed by atoms with E-state index in [1.54, 1.807) is 4.90 Å². The lowest BCUT2D eigenvalue weighted by Crippen LogP contribution is -2.52. The van der Waals surface area contributed by atoms with Crippen LogP contribution in [-0.2, 0) is 25.6 Å². The van der Waals surface area contributed by atoms with Crippen molar-refractivity contribution in [3.05, 3.63) is 29.3 Å². The summed E-state index contributed by atoms with van der Waals surface area (Å²) in [5, 5.41) is 2.35. The first-order valence-electron chi connectivity index (χ1n) is 11.7. The van der Waals surface area contributed by atoms with Crippen LogP contribution in [0.4, 0.5) is 5.69 Å². The SMILES string of the molecule is Cl.Cl.NCCOCCOCCN1CCN(c2ccc3c(c2)CN(C2CCC(=O)NC2=O)C3=O)CC1. The van der Waals surface area contributed by atoms with Crippen LogP contribution in [0.5, 0.6) is 0 Å². The number of ether oxygens (including phenoxy) is 2. The van der Waals surface area contributed by atoms with Crippen molar-refractivity contribution in [2.24, 2.45) is 5.73 Å². The smallest absolute Gasteiger partial charge is 0.255 e. The molecule has 0 saturated carbocycles. The van der Waals surface area contributed by atoms with Crippen LogP contribution in [0.1, 0.15) is 28.8 Å². The van der Waals surface area contributed by atoms with Crippen molar-refractivity contribution >= 4 is 48.2 Å². The third-order valence-corrected chi connectivity index (χ3v) is 6.43. The highest BCUT2D eigenvalue weighted by Crippen LogP contribution is 2.30. The Morgan fingerprint density at radius 3 is 2.37 bits per heavy atom. The lowest BCUT2D eigenvalue weighted by atomic mass is 10.0. The number of carbonyl (C=O) groups is 3. The van der Waals surface area contributed by atoms with Crippen LogP contribution in [0.3, 0.4) is 0 Å². The van der Waals surface area contributed by atoms with Gasteiger partial charge in [0.2, 0.25) is 11.8 Å². The van der Waals surface area contributed by atoms with Crippen molar-refractivity contribution in [3.8, 4) is 0 Å². The Kier molecular flexibility index (Phi) is 11.7. The van der Waals surface area contributed by atoms with Crippen molar-refractivity contribution in [2.75, 3.05) is 70.6 Å². The van der Waals surface area contributed by atoms with Crippen LogP contribution in [-0.4, -0.2) is 99.3 Å². The maximum Gasteiger partial charge on any atom is 0.255 e. The Bertz CT molecular complexity index is 882. The number of hydrogen-bond donors (Lipinski definition) is 2. The van der Waals surface area contributed by atoms with E-state index in [0.29, 0.717) is 51.5 Å². The molecule has 0 spiro atoms. The first-order chi connectivity index (χ1) is 16.1. The monoisotopic (exact) mass is 531 g/mol. The van der Waals surface area contributed by atoms with Crippen LogP contribution in [0.25, 0.3) is 0 Å². The van der Waals surface area contributed by atoms with Crippen LogP contribution < -0.4 is 16.0 Å². The molecule has 35 heavy (non-hydrogen) atoms. The van der Waals surface area contributed by atoms with E-state index in [4.69, 9.17) is 15.2 Å². The molecule has 10 nitrogen and oxygen atoms in total. The minimum Gasteiger partial charge on any atom is -0.378 e. The van der Waals surface area contributed by atoms with Gasteiger partial charge in [-0.3, -0.25) is 24.6 Å². The van der Waals surface area contributed by atoms with Gasteiger partial charge in [0.15, 0.2) is 0 Å². The zero-order valence-electron chi connectivity index (χ0n) is 19.8. The van der Waals surface area contributed by atoms with Gasteiger partial charge in [0.1, 0.15) is 6.04 Å². The topological polar surface area (TPSA) is 117 Å². The third-order valence-electron chi connectivity index (χ3n) is 6.43. The molecular weight excluding hydrogens is 497 g/mol. The van der Waals surface area contributed by atoms with Crippen LogP contribution in [0.2, 0.25) is 0 Å². The Morgan fingerprint density at radius 2 is 1.69 bits per heavy atom. The molecule has 3 amide bonds. The lowest BCUT2D eigenvalue weighted by Gasteiger charge is -2.36. The van der Waals surface area contributed by atoms with E-state index < -0.39 is 6.04 Å². The molecule has 1 aromatic carbocycles. The predicted molar refractivity (Wildman–Crippen MR) is 136 cm³/mol. The number of imide groups is 1. The van der Waals surface area contributed by atoms with Gasteiger partial charge < -0.3 is 25.0 Å². The van der Waals surface area contributed by atoms with Gasteiger partial charge >= 0.3 is 0 Å². The number of amides is 3. The van der Waals surface area contributed by atoms with E-state index in [1.165, 1.54) is 0 Å². The number of nitrogens with one attached hydrogen (secondary N) is 1. The molecule has 1 aromatic rings. The normalized spacial score (nSPS) is 20.3. The molecule has 3 N–H and O–H groups in total. The van der Waals surface area contributed by atoms with Crippen molar-refractivity contribution in [1.82, 2.24) is 15.1 Å². The van der Waals surface area contributed by atoms with Crippen LogP contribution in [0.15, 0.2) is 18.2 Å². The summed E-state index contributed by atoms with van der Waals surface area (Å²) >= 11 is 0. The number of piperidine rings is 1. The first-order valence-corrected chi connectivity index (χ1v) is 11.7. The molecule has 196 valence electrons. The van der Waals surface area contributed by atoms with E-state index in [2.05, 4.69) is 21.2 Å². The Hall–Kier alpha value is -1.95. The molecule has 4 rings (SSSR count). The second-order valence-corrected chi connectivity index (χ2v) is 8.58. The zero-order valence-corrected chi connectivity index (χ0v) is 21.4. The minimum absolute atomic E-state index is 0. The Morgan fingerprint density at radius 1 is 0.971 bits per heavy atom. The van der Waals surface area contributed by atoms with Crippen LogP contribution in [0, 0.1) is 0 Å². The second kappa shape index (κ2) is 14.0. The largest absolute Gasteiger partial charge is 0.378 e. The molecule has 1 unspecified atom stereocenters. The summed E-state index contributed by atoms with van der Waals surface area (Å²) in [4.78, 5) is 42.8. The highest BCUT2D eigenvalue weighted by Gasteiger charge is 2.39. The van der Waals surface area contributed by atoms with Gasteiger partial charge in [-0.15, -0.1) is 24.8 Å². The molecule has 12 heteroatoms. The number of nitrogens with zero attached hydrogens (tertiary/aromatic N) is 3. The van der Waals surface area contributed by atoms with E-state index in [9.17, 15) is 14.4 Å². The second-order valence-electron chi connectivity index (χ2n) is 8.58. The van der Waals surface area contributed by atoms with Crippen molar-refractivity contribution in [2.45, 2.75) is 25.4 Å². The molecule has 2 saturated heterocycles. The quantitative estimate of drug-likeness (QED) is 0.329. The molecule has 3 heterocycles. The molecular formula is C23H35Cl2N5O5. The number of carbonyl (C=O) groups excluding carboxylic acids is 3.